The highest BCUT2D eigenvalue weighted by Gasteiger charge is 2.28. The molecule has 0 aromatic heterocycles. The van der Waals surface area contributed by atoms with Gasteiger partial charge in [-0.2, -0.15) is 0 Å². The van der Waals surface area contributed by atoms with Gasteiger partial charge in [-0.05, 0) is 59.8 Å². The molecule has 3 rings (SSSR count). The van der Waals surface area contributed by atoms with Crippen molar-refractivity contribution in [3.8, 4) is 11.5 Å². The number of Topliss-reactive ketones (excluding diaryl/α,β-unsaturated/α-hetero) is 1. The van der Waals surface area contributed by atoms with E-state index in [-0.39, 0.29) is 29.1 Å². The normalized spacial score (nSPS) is 19.6. The van der Waals surface area contributed by atoms with Gasteiger partial charge >= 0.3 is 0 Å². The van der Waals surface area contributed by atoms with Gasteiger partial charge in [-0.1, -0.05) is 19.1 Å². The van der Waals surface area contributed by atoms with Crippen molar-refractivity contribution >= 4 is 28.7 Å². The lowest BCUT2D eigenvalue weighted by Gasteiger charge is -2.17. The first kappa shape index (κ1) is 16.5. The largest absolute Gasteiger partial charge is 0.457 e. The lowest BCUT2D eigenvalue weighted by Crippen LogP contribution is -2.20. The summed E-state index contributed by atoms with van der Waals surface area (Å²) in [5, 5.41) is 0.0251. The van der Waals surface area contributed by atoms with Gasteiger partial charge in [-0.25, -0.2) is 4.39 Å². The van der Waals surface area contributed by atoms with Crippen molar-refractivity contribution in [3.05, 3.63) is 64.8 Å². The van der Waals surface area contributed by atoms with Crippen molar-refractivity contribution in [2.24, 2.45) is 5.92 Å². The molecule has 0 spiro atoms. The third kappa shape index (κ3) is 3.92. The fourth-order valence-electron chi connectivity index (χ4n) is 2.26. The standard InChI is InChI=1S/C19H15FO3S/c1-12-10-17(21)18(24-19(12)22)11-13-2-6-15(7-3-13)23-16-8-4-14(20)5-9-16/h2-9,11-12H,10H2,1H3/b18-11-. The molecule has 0 amide bonds. The van der Waals surface area contributed by atoms with Gasteiger partial charge < -0.3 is 4.74 Å². The van der Waals surface area contributed by atoms with Crippen LogP contribution in [0.2, 0.25) is 0 Å². The van der Waals surface area contributed by atoms with Gasteiger partial charge in [0.1, 0.15) is 17.3 Å². The van der Waals surface area contributed by atoms with Crippen molar-refractivity contribution in [3.63, 3.8) is 0 Å². The Kier molecular flexibility index (Phi) is 4.81. The van der Waals surface area contributed by atoms with Gasteiger partial charge in [-0.15, -0.1) is 0 Å². The van der Waals surface area contributed by atoms with E-state index in [1.54, 1.807) is 37.3 Å². The second-order valence-corrected chi connectivity index (χ2v) is 6.63. The maximum Gasteiger partial charge on any atom is 0.197 e. The second kappa shape index (κ2) is 7.01. The molecule has 1 unspecified atom stereocenters. The quantitative estimate of drug-likeness (QED) is 0.750. The average Bonchev–Trinajstić information content (AvgIpc) is 2.56. The Bertz CT molecular complexity index is 794. The molecule has 5 heteroatoms. The molecule has 2 aromatic carbocycles. The minimum absolute atomic E-state index is 0.00117. The molecule has 122 valence electrons. The highest BCUT2D eigenvalue weighted by molar-refractivity contribution is 8.18. The van der Waals surface area contributed by atoms with Crippen molar-refractivity contribution in [1.29, 1.82) is 0 Å². The molecule has 0 bridgehead atoms. The molecule has 0 saturated carbocycles. The average molecular weight is 342 g/mol. The van der Waals surface area contributed by atoms with Crippen LogP contribution in [-0.2, 0) is 9.59 Å². The molecular formula is C19H15FO3S. The number of benzene rings is 2. The van der Waals surface area contributed by atoms with Crippen molar-refractivity contribution in [2.75, 3.05) is 0 Å². The first-order valence-electron chi connectivity index (χ1n) is 7.51. The monoisotopic (exact) mass is 342 g/mol. The number of thioether (sulfide) groups is 1. The van der Waals surface area contributed by atoms with E-state index >= 15 is 0 Å². The summed E-state index contributed by atoms with van der Waals surface area (Å²) in [4.78, 5) is 24.2. The van der Waals surface area contributed by atoms with Crippen molar-refractivity contribution < 1.29 is 18.7 Å². The highest BCUT2D eigenvalue weighted by Crippen LogP contribution is 2.33. The molecule has 1 aliphatic rings. The maximum atomic E-state index is 12.9. The van der Waals surface area contributed by atoms with Crippen LogP contribution >= 0.6 is 11.8 Å². The van der Waals surface area contributed by atoms with Crippen LogP contribution in [0.15, 0.2) is 53.4 Å². The lowest BCUT2D eigenvalue weighted by atomic mass is 10.0. The number of ketones is 1. The summed E-state index contributed by atoms with van der Waals surface area (Å²) in [7, 11) is 0. The Morgan fingerprint density at radius 3 is 2.25 bits per heavy atom. The van der Waals surface area contributed by atoms with Gasteiger partial charge in [0.15, 0.2) is 10.9 Å². The molecular weight excluding hydrogens is 327 g/mol. The van der Waals surface area contributed by atoms with E-state index in [0.29, 0.717) is 16.4 Å². The lowest BCUT2D eigenvalue weighted by molar-refractivity contribution is -0.121. The van der Waals surface area contributed by atoms with E-state index in [0.717, 1.165) is 17.3 Å². The van der Waals surface area contributed by atoms with Gasteiger partial charge in [0.2, 0.25) is 0 Å². The first-order valence-corrected chi connectivity index (χ1v) is 8.33. The molecule has 3 nitrogen and oxygen atoms in total. The summed E-state index contributed by atoms with van der Waals surface area (Å²) < 4.78 is 18.5. The summed E-state index contributed by atoms with van der Waals surface area (Å²) in [5.74, 6) is 0.615. The van der Waals surface area contributed by atoms with Crippen LogP contribution in [0.4, 0.5) is 4.39 Å². The van der Waals surface area contributed by atoms with Gasteiger partial charge in [0, 0.05) is 12.3 Å². The van der Waals surface area contributed by atoms with Crippen LogP contribution in [0.25, 0.3) is 6.08 Å². The Balaban J connectivity index is 1.72. The predicted octanol–water partition coefficient (Wildman–Crippen LogP) is 4.83. The van der Waals surface area contributed by atoms with Crippen molar-refractivity contribution in [2.45, 2.75) is 13.3 Å². The first-order chi connectivity index (χ1) is 11.5. The smallest absolute Gasteiger partial charge is 0.197 e. The Morgan fingerprint density at radius 2 is 1.62 bits per heavy atom. The third-order valence-corrected chi connectivity index (χ3v) is 4.78. The van der Waals surface area contributed by atoms with Crippen LogP contribution in [0.3, 0.4) is 0 Å². The molecule has 0 aliphatic carbocycles. The van der Waals surface area contributed by atoms with Crippen molar-refractivity contribution in [1.82, 2.24) is 0 Å². The van der Waals surface area contributed by atoms with E-state index in [1.807, 2.05) is 12.1 Å². The molecule has 1 heterocycles. The minimum atomic E-state index is -0.317. The van der Waals surface area contributed by atoms with Gasteiger partial charge in [-0.3, -0.25) is 9.59 Å². The van der Waals surface area contributed by atoms with Crippen LogP contribution in [0, 0.1) is 11.7 Å². The molecule has 0 radical (unpaired) electrons. The number of ether oxygens (including phenoxy) is 1. The fourth-order valence-corrected chi connectivity index (χ4v) is 3.15. The summed E-state index contributed by atoms with van der Waals surface area (Å²) in [6.07, 6.45) is 1.99. The maximum absolute atomic E-state index is 12.9. The Morgan fingerprint density at radius 1 is 1.04 bits per heavy atom. The second-order valence-electron chi connectivity index (χ2n) is 5.58. The van der Waals surface area contributed by atoms with E-state index in [4.69, 9.17) is 4.74 Å². The van der Waals surface area contributed by atoms with Crippen LogP contribution in [-0.4, -0.2) is 10.9 Å². The highest BCUT2D eigenvalue weighted by atomic mass is 32.2. The number of carbonyl (C=O) groups excluding carboxylic acids is 2. The molecule has 1 aliphatic heterocycles. The van der Waals surface area contributed by atoms with Gasteiger partial charge in [0.05, 0.1) is 4.91 Å². The molecule has 24 heavy (non-hydrogen) atoms. The minimum Gasteiger partial charge on any atom is -0.457 e. The van der Waals surface area contributed by atoms with Crippen LogP contribution < -0.4 is 4.74 Å². The topological polar surface area (TPSA) is 43.4 Å². The third-order valence-electron chi connectivity index (χ3n) is 3.61. The molecule has 1 saturated heterocycles. The summed E-state index contributed by atoms with van der Waals surface area (Å²) >= 11 is 1.01. The van der Waals surface area contributed by atoms with E-state index < -0.39 is 0 Å². The molecule has 2 aromatic rings. The van der Waals surface area contributed by atoms with Crippen LogP contribution in [0.1, 0.15) is 18.9 Å². The summed E-state index contributed by atoms with van der Waals surface area (Å²) in [6.45, 7) is 1.77. The number of rotatable bonds is 3. The number of carbonyl (C=O) groups is 2. The van der Waals surface area contributed by atoms with E-state index in [2.05, 4.69) is 0 Å². The molecule has 1 atom stereocenters. The van der Waals surface area contributed by atoms with Crippen LogP contribution in [0.5, 0.6) is 11.5 Å². The number of hydrogen-bond donors (Lipinski definition) is 0. The zero-order valence-electron chi connectivity index (χ0n) is 13.0. The summed E-state index contributed by atoms with van der Waals surface area (Å²) in [6, 6.07) is 12.9. The number of halogens is 1. The SMILES string of the molecule is CC1CC(=O)/C(=C/c2ccc(Oc3ccc(F)cc3)cc2)SC1=O. The number of allylic oxidation sites excluding steroid dienone is 1. The zero-order valence-corrected chi connectivity index (χ0v) is 13.8. The Hall–Kier alpha value is -2.40. The predicted molar refractivity (Wildman–Crippen MR) is 92.3 cm³/mol. The van der Waals surface area contributed by atoms with Gasteiger partial charge in [0.25, 0.3) is 0 Å². The zero-order chi connectivity index (χ0) is 17.1. The van der Waals surface area contributed by atoms with E-state index in [1.165, 1.54) is 12.1 Å². The molecule has 0 N–H and O–H groups in total. The fraction of sp³-hybridized carbons (Fsp3) is 0.158. The van der Waals surface area contributed by atoms with E-state index in [9.17, 15) is 14.0 Å². The molecule has 1 fully saturated rings. The Labute approximate surface area is 143 Å². The number of hydrogen-bond acceptors (Lipinski definition) is 4. The summed E-state index contributed by atoms with van der Waals surface area (Å²) in [5.41, 5.74) is 0.819.